The van der Waals surface area contributed by atoms with E-state index in [1.807, 2.05) is 0 Å². The van der Waals surface area contributed by atoms with Crippen molar-refractivity contribution < 1.29 is 24.2 Å². The van der Waals surface area contributed by atoms with E-state index in [4.69, 9.17) is 5.11 Å². The third-order valence-electron chi connectivity index (χ3n) is 2.06. The van der Waals surface area contributed by atoms with E-state index < -0.39 is 30.2 Å². The molecule has 1 aromatic rings. The van der Waals surface area contributed by atoms with Gasteiger partial charge in [0.15, 0.2) is 11.9 Å². The van der Waals surface area contributed by atoms with Crippen LogP contribution in [0.25, 0.3) is 0 Å². The normalized spacial score (nSPS) is 11.6. The molecule has 1 rings (SSSR count). The maximum absolute atomic E-state index is 11.6. The van der Waals surface area contributed by atoms with Crippen molar-refractivity contribution in [1.29, 1.82) is 0 Å². The molecule has 5 heteroatoms. The number of benzene rings is 1. The highest BCUT2D eigenvalue weighted by Gasteiger charge is 2.19. The predicted molar refractivity (Wildman–Crippen MR) is 58.6 cm³/mol. The average Bonchev–Trinajstić information content (AvgIpc) is 2.29. The molecule has 0 saturated heterocycles. The number of Topliss-reactive ketones (excluding diaryl/α,β-unsaturated/α-hetero) is 1. The first-order valence-corrected chi connectivity index (χ1v) is 5.01. The van der Waals surface area contributed by atoms with Crippen LogP contribution >= 0.6 is 0 Å². The lowest BCUT2D eigenvalue weighted by Gasteiger charge is -2.07. The van der Waals surface area contributed by atoms with Crippen molar-refractivity contribution >= 4 is 17.7 Å². The lowest BCUT2D eigenvalue weighted by molar-refractivity contribution is -0.162. The van der Waals surface area contributed by atoms with Crippen molar-refractivity contribution in [3.8, 4) is 0 Å². The van der Waals surface area contributed by atoms with Crippen molar-refractivity contribution in [3.63, 3.8) is 0 Å². The number of rotatable bonds is 5. The summed E-state index contributed by atoms with van der Waals surface area (Å²) in [5.74, 6) is -2.48. The van der Waals surface area contributed by atoms with Gasteiger partial charge < -0.3 is 9.84 Å². The molecule has 0 aliphatic rings. The Balaban J connectivity index is 2.53. The Morgan fingerprint density at radius 1 is 1.24 bits per heavy atom. The molecule has 90 valence electrons. The molecule has 0 spiro atoms. The molecule has 1 aromatic carbocycles. The van der Waals surface area contributed by atoms with Crippen LogP contribution in [-0.2, 0) is 14.3 Å². The number of carbonyl (C=O) groups excluding carboxylic acids is 2. The van der Waals surface area contributed by atoms with Gasteiger partial charge in [-0.15, -0.1) is 0 Å². The van der Waals surface area contributed by atoms with Gasteiger partial charge >= 0.3 is 11.9 Å². The van der Waals surface area contributed by atoms with Crippen molar-refractivity contribution in [3.05, 3.63) is 35.9 Å². The maximum atomic E-state index is 11.6. The van der Waals surface area contributed by atoms with Crippen LogP contribution in [0.2, 0.25) is 0 Å². The minimum absolute atomic E-state index is 0.395. The molecule has 0 aliphatic heterocycles. The van der Waals surface area contributed by atoms with E-state index in [0.29, 0.717) is 5.56 Å². The Hall–Kier alpha value is -2.17. The lowest BCUT2D eigenvalue weighted by atomic mass is 10.1. The van der Waals surface area contributed by atoms with E-state index in [1.165, 1.54) is 6.92 Å². The highest BCUT2D eigenvalue weighted by molar-refractivity contribution is 6.06. The van der Waals surface area contributed by atoms with Crippen LogP contribution in [0.1, 0.15) is 23.7 Å². The number of hydrogen-bond donors (Lipinski definition) is 1. The molecule has 0 aliphatic carbocycles. The van der Waals surface area contributed by atoms with Crippen LogP contribution in [-0.4, -0.2) is 28.9 Å². The van der Waals surface area contributed by atoms with Gasteiger partial charge in [0.05, 0.1) is 0 Å². The summed E-state index contributed by atoms with van der Waals surface area (Å²) >= 11 is 0. The largest absolute Gasteiger partial charge is 0.479 e. The summed E-state index contributed by atoms with van der Waals surface area (Å²) in [6.45, 7) is 1.23. The lowest BCUT2D eigenvalue weighted by Crippen LogP contribution is -2.24. The molecule has 1 unspecified atom stereocenters. The third kappa shape index (κ3) is 4.06. The van der Waals surface area contributed by atoms with Crippen molar-refractivity contribution in [1.82, 2.24) is 0 Å². The van der Waals surface area contributed by atoms with Gasteiger partial charge in [0.25, 0.3) is 0 Å². The van der Waals surface area contributed by atoms with Gasteiger partial charge in [0, 0.05) is 5.56 Å². The van der Waals surface area contributed by atoms with Gasteiger partial charge in [-0.3, -0.25) is 9.59 Å². The number of aliphatic carboxylic acids is 1. The Morgan fingerprint density at radius 2 is 1.82 bits per heavy atom. The van der Waals surface area contributed by atoms with E-state index >= 15 is 0 Å². The van der Waals surface area contributed by atoms with E-state index in [0.717, 1.165) is 0 Å². The van der Waals surface area contributed by atoms with Crippen LogP contribution < -0.4 is 0 Å². The molecule has 0 fully saturated rings. The smallest absolute Gasteiger partial charge is 0.344 e. The molecular formula is C12H12O5. The first kappa shape index (κ1) is 12.9. The summed E-state index contributed by atoms with van der Waals surface area (Å²) in [4.78, 5) is 33.2. The summed E-state index contributed by atoms with van der Waals surface area (Å²) in [6.07, 6.45) is -1.70. The Bertz CT molecular complexity index is 424. The molecule has 0 saturated carbocycles. The Labute approximate surface area is 98.0 Å². The standard InChI is InChI=1S/C12H12O5/c1-8(12(15)16)17-11(14)7-10(13)9-5-3-2-4-6-9/h2-6,8H,7H2,1H3,(H,15,16). The summed E-state index contributed by atoms with van der Waals surface area (Å²) in [6, 6.07) is 8.27. The highest BCUT2D eigenvalue weighted by Crippen LogP contribution is 2.05. The predicted octanol–water partition coefficient (Wildman–Crippen LogP) is 1.28. The van der Waals surface area contributed by atoms with Crippen molar-refractivity contribution in [2.75, 3.05) is 0 Å². The molecule has 0 amide bonds. The zero-order valence-electron chi connectivity index (χ0n) is 9.25. The zero-order chi connectivity index (χ0) is 12.8. The second-order valence-electron chi connectivity index (χ2n) is 3.44. The van der Waals surface area contributed by atoms with Gasteiger partial charge in [0.2, 0.25) is 0 Å². The first-order valence-electron chi connectivity index (χ1n) is 5.01. The number of ether oxygens (including phenoxy) is 1. The summed E-state index contributed by atoms with van der Waals surface area (Å²) in [7, 11) is 0. The van der Waals surface area contributed by atoms with Crippen LogP contribution in [0.15, 0.2) is 30.3 Å². The quantitative estimate of drug-likeness (QED) is 0.473. The van der Waals surface area contributed by atoms with Crippen molar-refractivity contribution in [2.24, 2.45) is 0 Å². The van der Waals surface area contributed by atoms with E-state index in [9.17, 15) is 14.4 Å². The zero-order valence-corrected chi connectivity index (χ0v) is 9.25. The van der Waals surface area contributed by atoms with E-state index in [2.05, 4.69) is 4.74 Å². The molecule has 0 heterocycles. The number of carboxylic acids is 1. The van der Waals surface area contributed by atoms with Gasteiger partial charge in [-0.05, 0) is 6.92 Å². The Morgan fingerprint density at radius 3 is 2.35 bits per heavy atom. The minimum atomic E-state index is -1.24. The third-order valence-corrected chi connectivity index (χ3v) is 2.06. The van der Waals surface area contributed by atoms with Gasteiger partial charge in [0.1, 0.15) is 6.42 Å². The fourth-order valence-corrected chi connectivity index (χ4v) is 1.15. The molecule has 5 nitrogen and oxygen atoms in total. The summed E-state index contributed by atoms with van der Waals surface area (Å²) in [5.41, 5.74) is 0.396. The average molecular weight is 236 g/mol. The van der Waals surface area contributed by atoms with E-state index in [1.54, 1.807) is 30.3 Å². The van der Waals surface area contributed by atoms with Crippen LogP contribution in [0, 0.1) is 0 Å². The molecule has 1 atom stereocenters. The second-order valence-corrected chi connectivity index (χ2v) is 3.44. The van der Waals surface area contributed by atoms with Gasteiger partial charge in [-0.1, -0.05) is 30.3 Å². The molecule has 17 heavy (non-hydrogen) atoms. The molecule has 0 bridgehead atoms. The molecular weight excluding hydrogens is 224 g/mol. The monoisotopic (exact) mass is 236 g/mol. The highest BCUT2D eigenvalue weighted by atomic mass is 16.6. The van der Waals surface area contributed by atoms with E-state index in [-0.39, 0.29) is 0 Å². The van der Waals surface area contributed by atoms with Crippen LogP contribution in [0.4, 0.5) is 0 Å². The Kier molecular flexibility index (Phi) is 4.39. The maximum Gasteiger partial charge on any atom is 0.344 e. The fraction of sp³-hybridized carbons (Fsp3) is 0.250. The SMILES string of the molecule is CC(OC(=O)CC(=O)c1ccccc1)C(=O)O. The summed E-state index contributed by atoms with van der Waals surface area (Å²) < 4.78 is 4.54. The molecule has 0 radical (unpaired) electrons. The summed E-state index contributed by atoms with van der Waals surface area (Å²) in [5, 5.41) is 8.52. The van der Waals surface area contributed by atoms with Gasteiger partial charge in [-0.2, -0.15) is 0 Å². The molecule has 1 N–H and O–H groups in total. The number of esters is 1. The van der Waals surface area contributed by atoms with Crippen molar-refractivity contribution in [2.45, 2.75) is 19.4 Å². The van der Waals surface area contributed by atoms with Crippen LogP contribution in [0.5, 0.6) is 0 Å². The number of ketones is 1. The second kappa shape index (κ2) is 5.79. The topological polar surface area (TPSA) is 80.7 Å². The fourth-order valence-electron chi connectivity index (χ4n) is 1.15. The number of carbonyl (C=O) groups is 3. The van der Waals surface area contributed by atoms with Crippen LogP contribution in [0.3, 0.4) is 0 Å². The van der Waals surface area contributed by atoms with Gasteiger partial charge in [-0.25, -0.2) is 4.79 Å². The number of carboxylic acid groups (broad SMARTS) is 1. The first-order chi connectivity index (χ1) is 8.00. The minimum Gasteiger partial charge on any atom is -0.479 e. The number of hydrogen-bond acceptors (Lipinski definition) is 4. The molecule has 0 aromatic heterocycles.